The summed E-state index contributed by atoms with van der Waals surface area (Å²) in [5.41, 5.74) is 0.673. The molecule has 0 spiro atoms. The summed E-state index contributed by atoms with van der Waals surface area (Å²) >= 11 is 1.26. The molecule has 164 valence electrons. The SMILES string of the molecule is CCOc1cc(-c2nnc(SCC(=O)N3CCCCC3)o2)cc(OCC)c1OCC. The Bertz CT molecular complexity index is 809. The van der Waals surface area contributed by atoms with Crippen molar-refractivity contribution in [1.29, 1.82) is 0 Å². The number of benzene rings is 1. The van der Waals surface area contributed by atoms with Crippen molar-refractivity contribution in [3.8, 4) is 28.7 Å². The van der Waals surface area contributed by atoms with E-state index in [1.807, 2.05) is 25.7 Å². The van der Waals surface area contributed by atoms with Crippen molar-refractivity contribution in [3.05, 3.63) is 12.1 Å². The van der Waals surface area contributed by atoms with E-state index in [0.29, 0.717) is 59.5 Å². The maximum absolute atomic E-state index is 12.3. The molecule has 0 atom stereocenters. The first kappa shape index (κ1) is 22.3. The maximum Gasteiger partial charge on any atom is 0.277 e. The molecule has 9 heteroatoms. The van der Waals surface area contributed by atoms with Gasteiger partial charge in [-0.15, -0.1) is 10.2 Å². The zero-order valence-corrected chi connectivity index (χ0v) is 18.6. The second-order valence-corrected chi connectivity index (χ2v) is 7.63. The lowest BCUT2D eigenvalue weighted by molar-refractivity contribution is -0.129. The molecule has 0 bridgehead atoms. The summed E-state index contributed by atoms with van der Waals surface area (Å²) in [6.07, 6.45) is 3.34. The molecule has 1 aliphatic rings. The van der Waals surface area contributed by atoms with Gasteiger partial charge in [0.15, 0.2) is 11.5 Å². The molecular weight excluding hydrogens is 406 g/mol. The van der Waals surface area contributed by atoms with Crippen LogP contribution in [0.3, 0.4) is 0 Å². The Morgan fingerprint density at radius 1 is 1.00 bits per heavy atom. The number of nitrogens with zero attached hydrogens (tertiary/aromatic N) is 3. The molecule has 2 heterocycles. The topological polar surface area (TPSA) is 86.9 Å². The molecule has 0 N–H and O–H groups in total. The number of carbonyl (C=O) groups excluding carboxylic acids is 1. The second kappa shape index (κ2) is 11.1. The van der Waals surface area contributed by atoms with Crippen LogP contribution in [0.2, 0.25) is 0 Å². The van der Waals surface area contributed by atoms with Crippen LogP contribution in [0.4, 0.5) is 0 Å². The third kappa shape index (κ3) is 5.59. The lowest BCUT2D eigenvalue weighted by atomic mass is 10.1. The van der Waals surface area contributed by atoms with E-state index in [4.69, 9.17) is 18.6 Å². The number of hydrogen-bond acceptors (Lipinski definition) is 8. The molecule has 8 nitrogen and oxygen atoms in total. The third-order valence-corrected chi connectivity index (χ3v) is 5.39. The highest BCUT2D eigenvalue weighted by molar-refractivity contribution is 7.99. The highest BCUT2D eigenvalue weighted by atomic mass is 32.2. The van der Waals surface area contributed by atoms with Crippen LogP contribution in [0.5, 0.6) is 17.2 Å². The number of carbonyl (C=O) groups is 1. The molecule has 1 aromatic heterocycles. The first-order chi connectivity index (χ1) is 14.7. The highest BCUT2D eigenvalue weighted by Gasteiger charge is 2.20. The Morgan fingerprint density at radius 2 is 1.63 bits per heavy atom. The summed E-state index contributed by atoms with van der Waals surface area (Å²) in [7, 11) is 0. The van der Waals surface area contributed by atoms with E-state index in [-0.39, 0.29) is 5.91 Å². The van der Waals surface area contributed by atoms with Crippen molar-refractivity contribution in [2.45, 2.75) is 45.3 Å². The summed E-state index contributed by atoms with van der Waals surface area (Å²) in [6, 6.07) is 3.61. The lowest BCUT2D eigenvalue weighted by Gasteiger charge is -2.26. The van der Waals surface area contributed by atoms with Gasteiger partial charge in [-0.25, -0.2) is 0 Å². The quantitative estimate of drug-likeness (QED) is 0.517. The normalized spacial score (nSPS) is 13.9. The molecule has 0 aliphatic carbocycles. The Labute approximate surface area is 181 Å². The van der Waals surface area contributed by atoms with Crippen LogP contribution in [0.25, 0.3) is 11.5 Å². The molecule has 1 aliphatic heterocycles. The average molecular weight is 436 g/mol. The van der Waals surface area contributed by atoms with Gasteiger partial charge in [0, 0.05) is 18.7 Å². The Morgan fingerprint density at radius 3 is 2.23 bits per heavy atom. The summed E-state index contributed by atoms with van der Waals surface area (Å²) in [6.45, 7) is 8.85. The fourth-order valence-corrected chi connectivity index (χ4v) is 3.92. The molecule has 0 radical (unpaired) electrons. The van der Waals surface area contributed by atoms with Gasteiger partial charge in [0.05, 0.1) is 25.6 Å². The van der Waals surface area contributed by atoms with E-state index in [9.17, 15) is 4.79 Å². The number of piperidine rings is 1. The molecule has 0 saturated carbocycles. The van der Waals surface area contributed by atoms with E-state index >= 15 is 0 Å². The van der Waals surface area contributed by atoms with Crippen molar-refractivity contribution in [2.75, 3.05) is 38.7 Å². The van der Waals surface area contributed by atoms with E-state index in [2.05, 4.69) is 10.2 Å². The average Bonchev–Trinajstić information content (AvgIpc) is 3.24. The zero-order valence-electron chi connectivity index (χ0n) is 17.8. The Kier molecular flexibility index (Phi) is 8.24. The molecule has 0 unspecified atom stereocenters. The summed E-state index contributed by atoms with van der Waals surface area (Å²) in [4.78, 5) is 14.3. The Balaban J connectivity index is 1.75. The summed E-state index contributed by atoms with van der Waals surface area (Å²) in [5.74, 6) is 2.43. The fraction of sp³-hybridized carbons (Fsp3) is 0.571. The zero-order chi connectivity index (χ0) is 21.3. The molecule has 1 aromatic carbocycles. The van der Waals surface area contributed by atoms with Crippen LogP contribution >= 0.6 is 11.8 Å². The minimum atomic E-state index is 0.109. The van der Waals surface area contributed by atoms with Crippen molar-refractivity contribution < 1.29 is 23.4 Å². The molecule has 30 heavy (non-hydrogen) atoms. The van der Waals surface area contributed by atoms with Gasteiger partial charge in [0.2, 0.25) is 17.5 Å². The van der Waals surface area contributed by atoms with Crippen molar-refractivity contribution in [3.63, 3.8) is 0 Å². The number of hydrogen-bond donors (Lipinski definition) is 0. The van der Waals surface area contributed by atoms with Crippen LogP contribution in [0.1, 0.15) is 40.0 Å². The fourth-order valence-electron chi connectivity index (χ4n) is 3.25. The predicted molar refractivity (Wildman–Crippen MR) is 114 cm³/mol. The summed E-state index contributed by atoms with van der Waals surface area (Å²) < 4.78 is 23.0. The minimum absolute atomic E-state index is 0.109. The highest BCUT2D eigenvalue weighted by Crippen LogP contribution is 2.42. The Hall–Kier alpha value is -2.42. The number of ether oxygens (including phenoxy) is 3. The van der Waals surface area contributed by atoms with E-state index < -0.39 is 0 Å². The number of rotatable bonds is 10. The molecule has 1 amide bonds. The standard InChI is InChI=1S/C21H29N3O5S/c1-4-26-16-12-15(13-17(27-5-2)19(16)28-6-3)20-22-23-21(29-20)30-14-18(25)24-10-8-7-9-11-24/h12-13H,4-11,14H2,1-3H3. The van der Waals surface area contributed by atoms with Gasteiger partial charge in [-0.2, -0.15) is 0 Å². The van der Waals surface area contributed by atoms with Crippen molar-refractivity contribution in [1.82, 2.24) is 15.1 Å². The number of aromatic nitrogens is 2. The molecule has 2 aromatic rings. The third-order valence-electron chi connectivity index (χ3n) is 4.59. The van der Waals surface area contributed by atoms with Gasteiger partial charge in [-0.05, 0) is 52.2 Å². The van der Waals surface area contributed by atoms with Gasteiger partial charge in [0.1, 0.15) is 0 Å². The van der Waals surface area contributed by atoms with Gasteiger partial charge >= 0.3 is 0 Å². The second-order valence-electron chi connectivity index (χ2n) is 6.70. The van der Waals surface area contributed by atoms with E-state index in [1.165, 1.54) is 18.2 Å². The number of likely N-dealkylation sites (tertiary alicyclic amines) is 1. The van der Waals surface area contributed by atoms with E-state index in [1.54, 1.807) is 12.1 Å². The largest absolute Gasteiger partial charge is 0.490 e. The van der Waals surface area contributed by atoms with Gasteiger partial charge < -0.3 is 23.5 Å². The van der Waals surface area contributed by atoms with Crippen molar-refractivity contribution >= 4 is 17.7 Å². The first-order valence-corrected chi connectivity index (χ1v) is 11.5. The van der Waals surface area contributed by atoms with Gasteiger partial charge in [0.25, 0.3) is 5.22 Å². The smallest absolute Gasteiger partial charge is 0.277 e. The van der Waals surface area contributed by atoms with Crippen LogP contribution in [-0.4, -0.2) is 59.7 Å². The molecular formula is C21H29N3O5S. The molecule has 1 saturated heterocycles. The summed E-state index contributed by atoms with van der Waals surface area (Å²) in [5, 5.41) is 8.58. The monoisotopic (exact) mass is 435 g/mol. The minimum Gasteiger partial charge on any atom is -0.490 e. The van der Waals surface area contributed by atoms with Crippen LogP contribution in [0.15, 0.2) is 21.8 Å². The number of amides is 1. The van der Waals surface area contributed by atoms with Crippen LogP contribution in [0, 0.1) is 0 Å². The van der Waals surface area contributed by atoms with E-state index in [0.717, 1.165) is 25.9 Å². The molecule has 1 fully saturated rings. The van der Waals surface area contributed by atoms with Gasteiger partial charge in [-0.1, -0.05) is 11.8 Å². The van der Waals surface area contributed by atoms with Gasteiger partial charge in [-0.3, -0.25) is 4.79 Å². The van der Waals surface area contributed by atoms with Crippen LogP contribution in [-0.2, 0) is 4.79 Å². The first-order valence-electron chi connectivity index (χ1n) is 10.5. The predicted octanol–water partition coefficient (Wildman–Crippen LogP) is 4.04. The number of thioether (sulfide) groups is 1. The molecule has 3 rings (SSSR count). The lowest BCUT2D eigenvalue weighted by Crippen LogP contribution is -2.36. The maximum atomic E-state index is 12.3. The van der Waals surface area contributed by atoms with Crippen LogP contribution < -0.4 is 14.2 Å². The van der Waals surface area contributed by atoms with Crippen molar-refractivity contribution in [2.24, 2.45) is 0 Å².